The second-order valence-electron chi connectivity index (χ2n) is 5.08. The Balaban J connectivity index is 1.92. The van der Waals surface area contributed by atoms with Gasteiger partial charge < -0.3 is 10.2 Å². The molecule has 1 aromatic heterocycles. The number of anilines is 2. The Morgan fingerprint density at radius 3 is 2.53 bits per heavy atom. The quantitative estimate of drug-likeness (QED) is 0.875. The monoisotopic (exact) mass is 263 g/mol. The van der Waals surface area contributed by atoms with Gasteiger partial charge in [-0.25, -0.2) is 4.79 Å². The predicted molar refractivity (Wildman–Crippen MR) is 75.4 cm³/mol. The summed E-state index contributed by atoms with van der Waals surface area (Å²) in [5.41, 5.74) is 0. The van der Waals surface area contributed by atoms with E-state index in [0.29, 0.717) is 5.82 Å². The fourth-order valence-corrected chi connectivity index (χ4v) is 2.10. The number of rotatable bonds is 3. The third-order valence-corrected chi connectivity index (χ3v) is 2.99. The average molecular weight is 263 g/mol. The average Bonchev–Trinajstić information content (AvgIpc) is 2.39. The van der Waals surface area contributed by atoms with Gasteiger partial charge in [-0.05, 0) is 45.2 Å². The molecule has 2 rings (SSSR count). The van der Waals surface area contributed by atoms with Crippen LogP contribution in [0.2, 0.25) is 0 Å². The Hall–Kier alpha value is -1.85. The summed E-state index contributed by atoms with van der Waals surface area (Å²) in [5.74, 6) is 1.36. The summed E-state index contributed by atoms with van der Waals surface area (Å²) < 4.78 is 0. The number of amides is 2. The number of nitrogens with one attached hydrogen (secondary N) is 2. The molecule has 0 bridgehead atoms. The molecule has 104 valence electrons. The minimum Gasteiger partial charge on any atom is -0.355 e. The lowest BCUT2D eigenvalue weighted by Crippen LogP contribution is -2.34. The van der Waals surface area contributed by atoms with Gasteiger partial charge in [-0.15, -0.1) is 10.2 Å². The molecule has 0 radical (unpaired) electrons. The van der Waals surface area contributed by atoms with Crippen LogP contribution in [-0.4, -0.2) is 35.4 Å². The van der Waals surface area contributed by atoms with E-state index in [1.807, 2.05) is 19.9 Å². The zero-order valence-electron chi connectivity index (χ0n) is 11.5. The molecule has 1 aliphatic rings. The van der Waals surface area contributed by atoms with Crippen molar-refractivity contribution in [2.45, 2.75) is 39.2 Å². The van der Waals surface area contributed by atoms with Crippen molar-refractivity contribution in [3.8, 4) is 0 Å². The highest BCUT2D eigenvalue weighted by atomic mass is 16.2. The molecular weight excluding hydrogens is 242 g/mol. The Morgan fingerprint density at radius 1 is 1.21 bits per heavy atom. The Morgan fingerprint density at radius 2 is 1.95 bits per heavy atom. The molecule has 6 nitrogen and oxygen atoms in total. The zero-order chi connectivity index (χ0) is 13.7. The lowest BCUT2D eigenvalue weighted by molar-refractivity contribution is 0.250. The first-order valence-corrected chi connectivity index (χ1v) is 6.81. The summed E-state index contributed by atoms with van der Waals surface area (Å²) in [4.78, 5) is 13.7. The lowest BCUT2D eigenvalue weighted by Gasteiger charge is -2.27. The number of carbonyl (C=O) groups is 1. The van der Waals surface area contributed by atoms with Gasteiger partial charge in [0.25, 0.3) is 0 Å². The highest BCUT2D eigenvalue weighted by molar-refractivity contribution is 5.88. The van der Waals surface area contributed by atoms with E-state index in [2.05, 4.69) is 25.7 Å². The summed E-state index contributed by atoms with van der Waals surface area (Å²) in [6, 6.07) is 3.54. The van der Waals surface area contributed by atoms with Crippen molar-refractivity contribution in [3.05, 3.63) is 12.1 Å². The maximum absolute atomic E-state index is 11.5. The number of hydrogen-bond acceptors (Lipinski definition) is 4. The molecule has 0 aromatic carbocycles. The van der Waals surface area contributed by atoms with Crippen molar-refractivity contribution < 1.29 is 4.79 Å². The fourth-order valence-electron chi connectivity index (χ4n) is 2.10. The highest BCUT2D eigenvalue weighted by Crippen LogP contribution is 2.17. The Kier molecular flexibility index (Phi) is 4.54. The minimum absolute atomic E-state index is 0.0978. The molecule has 0 saturated carbocycles. The van der Waals surface area contributed by atoms with E-state index >= 15 is 0 Å². The van der Waals surface area contributed by atoms with Gasteiger partial charge in [0.1, 0.15) is 0 Å². The third kappa shape index (κ3) is 4.08. The number of piperidine rings is 1. The van der Waals surface area contributed by atoms with Crippen molar-refractivity contribution >= 4 is 17.7 Å². The van der Waals surface area contributed by atoms with Crippen molar-refractivity contribution in [2.24, 2.45) is 0 Å². The predicted octanol–water partition coefficient (Wildman–Crippen LogP) is 2.00. The van der Waals surface area contributed by atoms with Crippen LogP contribution in [0.5, 0.6) is 0 Å². The van der Waals surface area contributed by atoms with Crippen LogP contribution in [0.25, 0.3) is 0 Å². The first-order valence-electron chi connectivity index (χ1n) is 6.81. The van der Waals surface area contributed by atoms with Crippen LogP contribution in [0.15, 0.2) is 12.1 Å². The molecule has 1 fully saturated rings. The van der Waals surface area contributed by atoms with Crippen LogP contribution in [0.1, 0.15) is 33.1 Å². The largest absolute Gasteiger partial charge is 0.355 e. The van der Waals surface area contributed by atoms with Gasteiger partial charge in [-0.2, -0.15) is 0 Å². The molecule has 2 amide bonds. The zero-order valence-corrected chi connectivity index (χ0v) is 11.5. The smallest absolute Gasteiger partial charge is 0.320 e. The Labute approximate surface area is 113 Å². The van der Waals surface area contributed by atoms with Crippen LogP contribution in [0.3, 0.4) is 0 Å². The van der Waals surface area contributed by atoms with Gasteiger partial charge in [-0.1, -0.05) is 0 Å². The van der Waals surface area contributed by atoms with Crippen LogP contribution < -0.4 is 15.5 Å². The van der Waals surface area contributed by atoms with Crippen molar-refractivity contribution in [2.75, 3.05) is 23.3 Å². The fraction of sp³-hybridized carbons (Fsp3) is 0.615. The van der Waals surface area contributed by atoms with E-state index in [1.165, 1.54) is 19.3 Å². The SMILES string of the molecule is CC(C)NC(=O)Nc1ccc(N2CCCCC2)nn1. The molecule has 2 heterocycles. The van der Waals surface area contributed by atoms with Crippen LogP contribution in [0, 0.1) is 0 Å². The number of nitrogens with zero attached hydrogens (tertiary/aromatic N) is 3. The molecule has 2 N–H and O–H groups in total. The van der Waals surface area contributed by atoms with Crippen LogP contribution >= 0.6 is 0 Å². The topological polar surface area (TPSA) is 70.2 Å². The maximum atomic E-state index is 11.5. The van der Waals surface area contributed by atoms with E-state index in [0.717, 1.165) is 18.9 Å². The molecular formula is C13H21N5O. The summed E-state index contributed by atoms with van der Waals surface area (Å²) in [6.07, 6.45) is 3.70. The molecule has 1 saturated heterocycles. The first-order chi connectivity index (χ1) is 9.15. The van der Waals surface area contributed by atoms with E-state index in [4.69, 9.17) is 0 Å². The van der Waals surface area contributed by atoms with Gasteiger partial charge in [0.15, 0.2) is 11.6 Å². The number of carbonyl (C=O) groups excluding carboxylic acids is 1. The summed E-state index contributed by atoms with van der Waals surface area (Å²) in [7, 11) is 0. The minimum atomic E-state index is -0.255. The molecule has 0 atom stereocenters. The summed E-state index contributed by atoms with van der Waals surface area (Å²) >= 11 is 0. The van der Waals surface area contributed by atoms with Gasteiger partial charge in [0.2, 0.25) is 0 Å². The maximum Gasteiger partial charge on any atom is 0.320 e. The van der Waals surface area contributed by atoms with Gasteiger partial charge in [0, 0.05) is 19.1 Å². The van der Waals surface area contributed by atoms with E-state index < -0.39 is 0 Å². The van der Waals surface area contributed by atoms with Gasteiger partial charge in [-0.3, -0.25) is 5.32 Å². The number of hydrogen-bond donors (Lipinski definition) is 2. The lowest BCUT2D eigenvalue weighted by atomic mass is 10.1. The van der Waals surface area contributed by atoms with Crippen molar-refractivity contribution in [3.63, 3.8) is 0 Å². The van der Waals surface area contributed by atoms with Gasteiger partial charge in [0.05, 0.1) is 0 Å². The number of urea groups is 1. The second kappa shape index (κ2) is 6.36. The number of aromatic nitrogens is 2. The summed E-state index contributed by atoms with van der Waals surface area (Å²) in [6.45, 7) is 5.89. The molecule has 0 aliphatic carbocycles. The van der Waals surface area contributed by atoms with E-state index in [1.54, 1.807) is 6.07 Å². The van der Waals surface area contributed by atoms with Crippen LogP contribution in [-0.2, 0) is 0 Å². The first kappa shape index (κ1) is 13.6. The molecule has 0 unspecified atom stereocenters. The second-order valence-corrected chi connectivity index (χ2v) is 5.08. The Bertz CT molecular complexity index is 412. The standard InChI is InChI=1S/C13H21N5O/c1-10(2)14-13(19)15-11-6-7-12(17-16-11)18-8-4-3-5-9-18/h6-7,10H,3-5,8-9H2,1-2H3,(H2,14,15,16,19). The molecule has 6 heteroatoms. The van der Waals surface area contributed by atoms with Crippen molar-refractivity contribution in [1.29, 1.82) is 0 Å². The normalized spacial score (nSPS) is 15.4. The van der Waals surface area contributed by atoms with E-state index in [9.17, 15) is 4.79 Å². The molecule has 19 heavy (non-hydrogen) atoms. The molecule has 0 spiro atoms. The third-order valence-electron chi connectivity index (χ3n) is 2.99. The summed E-state index contributed by atoms with van der Waals surface area (Å²) in [5, 5.41) is 13.6. The highest BCUT2D eigenvalue weighted by Gasteiger charge is 2.12. The molecule has 1 aliphatic heterocycles. The van der Waals surface area contributed by atoms with Gasteiger partial charge >= 0.3 is 6.03 Å². The molecule has 1 aromatic rings. The van der Waals surface area contributed by atoms with E-state index in [-0.39, 0.29) is 12.1 Å². The van der Waals surface area contributed by atoms with Crippen molar-refractivity contribution in [1.82, 2.24) is 15.5 Å². The van der Waals surface area contributed by atoms with Crippen LogP contribution in [0.4, 0.5) is 16.4 Å².